The molecule has 0 amide bonds. The molecule has 2 nitrogen and oxygen atoms in total. The van der Waals surface area contributed by atoms with Gasteiger partial charge in [-0.15, -0.1) is 0 Å². The highest BCUT2D eigenvalue weighted by Gasteiger charge is 2.17. The summed E-state index contributed by atoms with van der Waals surface area (Å²) in [5, 5.41) is 1.04. The van der Waals surface area contributed by atoms with Crippen molar-refractivity contribution in [1.82, 2.24) is 4.98 Å². The first-order chi connectivity index (χ1) is 8.87. The number of aromatic nitrogens is 1. The number of halogens is 1. The summed E-state index contributed by atoms with van der Waals surface area (Å²) in [6.07, 6.45) is 1.40. The maximum absolute atomic E-state index is 12.3. The van der Waals surface area contributed by atoms with E-state index in [-0.39, 0.29) is 11.2 Å². The minimum atomic E-state index is 0.104. The molecular formula is C16H18BrNO. The molecule has 0 atom stereocenters. The maximum atomic E-state index is 12.3. The normalized spacial score (nSPS) is 11.8. The largest absolute Gasteiger partial charge is 0.292 e. The zero-order valence-corrected chi connectivity index (χ0v) is 13.1. The highest BCUT2D eigenvalue weighted by Crippen LogP contribution is 2.26. The molecule has 0 saturated carbocycles. The molecule has 3 heteroatoms. The van der Waals surface area contributed by atoms with E-state index in [2.05, 4.69) is 41.7 Å². The molecule has 2 rings (SSSR count). The fourth-order valence-corrected chi connectivity index (χ4v) is 2.45. The van der Waals surface area contributed by atoms with E-state index in [0.717, 1.165) is 21.8 Å². The van der Waals surface area contributed by atoms with Crippen LogP contribution in [-0.4, -0.2) is 10.8 Å². The Balaban J connectivity index is 2.29. The summed E-state index contributed by atoms with van der Waals surface area (Å²) in [7, 11) is 0. The molecule has 1 heterocycles. The fraction of sp³-hybridized carbons (Fsp3) is 0.375. The van der Waals surface area contributed by atoms with Gasteiger partial charge in [-0.25, -0.2) is 4.98 Å². The summed E-state index contributed by atoms with van der Waals surface area (Å²) in [6, 6.07) is 9.80. The van der Waals surface area contributed by atoms with Crippen molar-refractivity contribution >= 4 is 32.6 Å². The number of nitrogens with zero attached hydrogens (tertiary/aromatic N) is 1. The second kappa shape index (κ2) is 5.41. The third kappa shape index (κ3) is 3.63. The average molecular weight is 320 g/mol. The van der Waals surface area contributed by atoms with E-state index < -0.39 is 0 Å². The van der Waals surface area contributed by atoms with Crippen molar-refractivity contribution in [3.63, 3.8) is 0 Å². The van der Waals surface area contributed by atoms with E-state index in [0.29, 0.717) is 12.1 Å². The second-order valence-electron chi connectivity index (χ2n) is 6.00. The lowest BCUT2D eigenvalue weighted by Crippen LogP contribution is -2.10. The summed E-state index contributed by atoms with van der Waals surface area (Å²) in [4.78, 5) is 16.7. The number of rotatable bonds is 3. The van der Waals surface area contributed by atoms with E-state index in [9.17, 15) is 4.79 Å². The Morgan fingerprint density at radius 3 is 2.63 bits per heavy atom. The molecule has 0 bridgehead atoms. The van der Waals surface area contributed by atoms with Gasteiger partial charge in [-0.05, 0) is 39.9 Å². The van der Waals surface area contributed by atoms with Crippen molar-refractivity contribution in [2.24, 2.45) is 5.41 Å². The zero-order valence-electron chi connectivity index (χ0n) is 11.5. The van der Waals surface area contributed by atoms with Gasteiger partial charge in [0.25, 0.3) is 0 Å². The van der Waals surface area contributed by atoms with Crippen molar-refractivity contribution in [3.05, 3.63) is 40.5 Å². The average Bonchev–Trinajstić information content (AvgIpc) is 2.34. The third-order valence-corrected chi connectivity index (χ3v) is 3.65. The van der Waals surface area contributed by atoms with Crippen LogP contribution in [0.15, 0.2) is 34.8 Å². The van der Waals surface area contributed by atoms with E-state index in [4.69, 9.17) is 0 Å². The molecule has 0 aliphatic heterocycles. The number of benzene rings is 1. The van der Waals surface area contributed by atoms with E-state index in [1.54, 1.807) is 0 Å². The Morgan fingerprint density at radius 1 is 1.26 bits per heavy atom. The molecule has 0 fully saturated rings. The van der Waals surface area contributed by atoms with Crippen LogP contribution in [0.3, 0.4) is 0 Å². The van der Waals surface area contributed by atoms with Crippen molar-refractivity contribution in [3.8, 4) is 0 Å². The molecule has 0 aliphatic carbocycles. The molecule has 0 spiro atoms. The van der Waals surface area contributed by atoms with Crippen molar-refractivity contribution in [2.45, 2.75) is 33.6 Å². The first kappa shape index (κ1) is 14.2. The number of pyridine rings is 1. The number of para-hydroxylation sites is 1. The van der Waals surface area contributed by atoms with Gasteiger partial charge in [0, 0.05) is 16.3 Å². The van der Waals surface area contributed by atoms with Gasteiger partial charge in [-0.2, -0.15) is 0 Å². The van der Waals surface area contributed by atoms with E-state index in [1.807, 2.05) is 30.3 Å². The summed E-state index contributed by atoms with van der Waals surface area (Å²) in [5.41, 5.74) is 1.58. The highest BCUT2D eigenvalue weighted by molar-refractivity contribution is 9.10. The molecule has 100 valence electrons. The Morgan fingerprint density at radius 2 is 1.95 bits per heavy atom. The number of hydrogen-bond donors (Lipinski definition) is 0. The second-order valence-corrected chi connectivity index (χ2v) is 6.85. The Bertz CT molecular complexity index is 614. The molecular weight excluding hydrogens is 302 g/mol. The number of ketones is 1. The standard InChI is InChI=1S/C16H18BrNO/c1-16(2,3)9-8-14(19)15-12(17)10-11-6-4-5-7-13(11)18-15/h4-7,10H,8-9H2,1-3H3. The number of hydrogen-bond acceptors (Lipinski definition) is 2. The van der Waals surface area contributed by atoms with Gasteiger partial charge in [-0.3, -0.25) is 4.79 Å². The van der Waals surface area contributed by atoms with Crippen molar-refractivity contribution in [2.75, 3.05) is 0 Å². The first-order valence-corrected chi connectivity index (χ1v) is 7.25. The van der Waals surface area contributed by atoms with Crippen molar-refractivity contribution in [1.29, 1.82) is 0 Å². The van der Waals surface area contributed by atoms with Crippen LogP contribution in [0.2, 0.25) is 0 Å². The lowest BCUT2D eigenvalue weighted by Gasteiger charge is -2.17. The van der Waals surface area contributed by atoms with E-state index >= 15 is 0 Å². The lowest BCUT2D eigenvalue weighted by molar-refractivity contribution is 0.0960. The topological polar surface area (TPSA) is 30.0 Å². The molecule has 0 unspecified atom stereocenters. The molecule has 1 aromatic heterocycles. The van der Waals surface area contributed by atoms with Crippen LogP contribution in [0.4, 0.5) is 0 Å². The van der Waals surface area contributed by atoms with Crippen LogP contribution in [0, 0.1) is 5.41 Å². The van der Waals surface area contributed by atoms with Crippen LogP contribution in [0.1, 0.15) is 44.1 Å². The fourth-order valence-electron chi connectivity index (χ4n) is 1.89. The molecule has 0 saturated heterocycles. The molecule has 0 N–H and O–H groups in total. The summed E-state index contributed by atoms with van der Waals surface area (Å²) >= 11 is 3.46. The smallest absolute Gasteiger partial charge is 0.182 e. The molecule has 19 heavy (non-hydrogen) atoms. The predicted octanol–water partition coefficient (Wildman–Crippen LogP) is 5.01. The van der Waals surface area contributed by atoms with Crippen molar-refractivity contribution < 1.29 is 4.79 Å². The maximum Gasteiger partial charge on any atom is 0.182 e. The van der Waals surface area contributed by atoms with Gasteiger partial charge in [-0.1, -0.05) is 39.0 Å². The highest BCUT2D eigenvalue weighted by atomic mass is 79.9. The Kier molecular flexibility index (Phi) is 4.04. The van der Waals surface area contributed by atoms with Crippen LogP contribution < -0.4 is 0 Å². The summed E-state index contributed by atoms with van der Waals surface area (Å²) in [5.74, 6) is 0.104. The molecule has 0 radical (unpaired) electrons. The van der Waals surface area contributed by atoms with Crippen LogP contribution in [0.5, 0.6) is 0 Å². The van der Waals surface area contributed by atoms with Gasteiger partial charge in [0.15, 0.2) is 5.78 Å². The monoisotopic (exact) mass is 319 g/mol. The zero-order chi connectivity index (χ0) is 14.0. The number of carbonyl (C=O) groups excluding carboxylic acids is 1. The number of Topliss-reactive ketones (excluding diaryl/α,β-unsaturated/α-hetero) is 1. The van der Waals surface area contributed by atoms with Gasteiger partial charge in [0.05, 0.1) is 5.52 Å². The summed E-state index contributed by atoms with van der Waals surface area (Å²) < 4.78 is 0.783. The number of fused-ring (bicyclic) bond motifs is 1. The lowest BCUT2D eigenvalue weighted by atomic mass is 9.89. The molecule has 1 aromatic carbocycles. The van der Waals surface area contributed by atoms with Gasteiger partial charge in [0.2, 0.25) is 0 Å². The minimum Gasteiger partial charge on any atom is -0.292 e. The molecule has 0 aliphatic rings. The minimum absolute atomic E-state index is 0.104. The SMILES string of the molecule is CC(C)(C)CCC(=O)c1nc2ccccc2cc1Br. The summed E-state index contributed by atoms with van der Waals surface area (Å²) in [6.45, 7) is 6.43. The van der Waals surface area contributed by atoms with Gasteiger partial charge in [0.1, 0.15) is 5.69 Å². The quantitative estimate of drug-likeness (QED) is 0.744. The predicted molar refractivity (Wildman–Crippen MR) is 82.5 cm³/mol. The van der Waals surface area contributed by atoms with Gasteiger partial charge >= 0.3 is 0 Å². The van der Waals surface area contributed by atoms with Crippen LogP contribution >= 0.6 is 15.9 Å². The van der Waals surface area contributed by atoms with Gasteiger partial charge < -0.3 is 0 Å². The number of carbonyl (C=O) groups is 1. The van der Waals surface area contributed by atoms with Crippen LogP contribution in [-0.2, 0) is 0 Å². The first-order valence-electron chi connectivity index (χ1n) is 6.45. The van der Waals surface area contributed by atoms with Crippen LogP contribution in [0.25, 0.3) is 10.9 Å². The molecule has 2 aromatic rings. The Hall–Kier alpha value is -1.22. The third-order valence-electron chi connectivity index (χ3n) is 3.04. The Labute approximate surface area is 122 Å². The van der Waals surface area contributed by atoms with E-state index in [1.165, 1.54) is 0 Å².